The summed E-state index contributed by atoms with van der Waals surface area (Å²) in [5.41, 5.74) is 5.05. The number of aliphatic carboxylic acids is 1. The third kappa shape index (κ3) is 14.0. The van der Waals surface area contributed by atoms with E-state index < -0.39 is 65.6 Å². The fourth-order valence-electron chi connectivity index (χ4n) is 7.31. The Kier molecular flexibility index (Phi) is 16.5. The maximum atomic E-state index is 14.6. The first kappa shape index (κ1) is 45.9. The molecule has 14 nitrogen and oxygen atoms in total. The van der Waals surface area contributed by atoms with Crippen molar-refractivity contribution in [3.63, 3.8) is 0 Å². The van der Waals surface area contributed by atoms with Crippen molar-refractivity contribution in [2.45, 2.75) is 75.5 Å². The largest absolute Gasteiger partial charge is 0.481 e. The van der Waals surface area contributed by atoms with E-state index in [9.17, 15) is 33.6 Å². The van der Waals surface area contributed by atoms with Gasteiger partial charge in [0.05, 0.1) is 0 Å². The number of anilines is 1. The second-order valence-electron chi connectivity index (χ2n) is 15.6. The zero-order chi connectivity index (χ0) is 45.3. The molecule has 330 valence electrons. The molecule has 0 aliphatic carbocycles. The summed E-state index contributed by atoms with van der Waals surface area (Å²) >= 11 is 0. The molecule has 6 amide bonds. The van der Waals surface area contributed by atoms with Gasteiger partial charge in [-0.3, -0.25) is 33.6 Å². The van der Waals surface area contributed by atoms with Gasteiger partial charge in [0, 0.05) is 44.3 Å². The Hall–Kier alpha value is -7.61. The first-order valence-corrected chi connectivity index (χ1v) is 21.3. The van der Waals surface area contributed by atoms with Gasteiger partial charge < -0.3 is 37.0 Å². The van der Waals surface area contributed by atoms with Gasteiger partial charge in [-0.15, -0.1) is 0 Å². The number of carbonyl (C=O) groups is 7. The molecule has 0 saturated carbocycles. The number of fused-ring (bicyclic) bond motifs is 18. The third-order valence-electron chi connectivity index (χ3n) is 10.8. The summed E-state index contributed by atoms with van der Waals surface area (Å²) in [6.07, 6.45) is 0.0922. The fraction of sp³-hybridized carbons (Fsp3) is 0.260. The van der Waals surface area contributed by atoms with E-state index >= 15 is 0 Å². The Morgan fingerprint density at radius 1 is 0.594 bits per heavy atom. The number of carbonyl (C=O) groups excluding carboxylic acids is 6. The molecule has 0 saturated heterocycles. The molecule has 0 fully saturated rings. The van der Waals surface area contributed by atoms with E-state index in [1.165, 1.54) is 0 Å². The van der Waals surface area contributed by atoms with Crippen molar-refractivity contribution in [3.8, 4) is 11.1 Å². The number of rotatable bonds is 12. The minimum absolute atomic E-state index is 0.00644. The van der Waals surface area contributed by atoms with Gasteiger partial charge in [-0.05, 0) is 64.8 Å². The standard InChI is InChI=1S/C50H52N6O8/c57-43-28-29-44(58)56-46(38-15-8-3-9-16-38)50(64)55-42(32-34-18-23-37(24-19-34)36-13-6-2-7-14-36)49(63)53-40(27-22-33-11-4-1-5-12-33)48(62)54-41(47(61)51-30-10-17-45(59)60)31-35-20-25-39(52-43)26-21-35/h1-9,11-16,18-21,23-26,40-42,46H,10,17,22,27-32H2,(H,51,61)(H,52,57)(H,53,63)(H,54,62)(H,55,64)(H,56,58)(H,59,60)/t40-,41+,42+,46?/m1/s1. The van der Waals surface area contributed by atoms with Crippen LogP contribution in [-0.2, 0) is 52.8 Å². The fourth-order valence-corrected chi connectivity index (χ4v) is 7.31. The van der Waals surface area contributed by atoms with Gasteiger partial charge >= 0.3 is 5.97 Å². The summed E-state index contributed by atoms with van der Waals surface area (Å²) in [6, 6.07) is 37.0. The second-order valence-corrected chi connectivity index (χ2v) is 15.6. The molecular formula is C50H52N6O8. The lowest BCUT2D eigenvalue weighted by molar-refractivity contribution is -0.137. The summed E-state index contributed by atoms with van der Waals surface area (Å²) in [4.78, 5) is 94.6. The number of nitrogens with one attached hydrogen (secondary N) is 6. The van der Waals surface area contributed by atoms with E-state index in [4.69, 9.17) is 5.11 Å². The first-order valence-electron chi connectivity index (χ1n) is 21.3. The Balaban J connectivity index is 1.35. The van der Waals surface area contributed by atoms with Crippen LogP contribution in [0.25, 0.3) is 11.1 Å². The lowest BCUT2D eigenvalue weighted by atomic mass is 9.98. The summed E-state index contributed by atoms with van der Waals surface area (Å²) < 4.78 is 0. The van der Waals surface area contributed by atoms with Crippen LogP contribution in [0.15, 0.2) is 140 Å². The Morgan fingerprint density at radius 2 is 1.19 bits per heavy atom. The predicted octanol–water partition coefficient (Wildman–Crippen LogP) is 4.80. The molecule has 14 heteroatoms. The van der Waals surface area contributed by atoms with Crippen molar-refractivity contribution in [2.24, 2.45) is 0 Å². The number of hydrogen-bond donors (Lipinski definition) is 7. The van der Waals surface area contributed by atoms with Crippen molar-refractivity contribution < 1.29 is 38.7 Å². The average molecular weight is 865 g/mol. The van der Waals surface area contributed by atoms with Gasteiger partial charge in [0.15, 0.2) is 0 Å². The van der Waals surface area contributed by atoms with Gasteiger partial charge in [-0.2, -0.15) is 0 Å². The van der Waals surface area contributed by atoms with Crippen molar-refractivity contribution >= 4 is 47.1 Å². The molecule has 7 rings (SSSR count). The summed E-state index contributed by atoms with van der Waals surface area (Å²) in [6.45, 7) is 0.0473. The van der Waals surface area contributed by atoms with E-state index in [1.54, 1.807) is 54.6 Å². The zero-order valence-corrected chi connectivity index (χ0v) is 35.3. The molecule has 2 aliphatic heterocycles. The van der Waals surface area contributed by atoms with Crippen LogP contribution >= 0.6 is 0 Å². The SMILES string of the molecule is O=C(O)CCCNC(=O)[C@@H]1Cc2ccc(cc2)NC(=O)CCC(=O)NC(c2ccccc2)C(=O)N[C@@H](Cc2ccc(-c3ccccc3)cc2)C(=O)N[C@H](CCc2ccccc2)C(=O)N1. The zero-order valence-electron chi connectivity index (χ0n) is 35.3. The quantitative estimate of drug-likeness (QED) is 0.0683. The molecule has 2 bridgehead atoms. The van der Waals surface area contributed by atoms with Crippen LogP contribution in [0, 0.1) is 0 Å². The molecule has 2 heterocycles. The van der Waals surface area contributed by atoms with Gasteiger partial charge in [-0.25, -0.2) is 0 Å². The molecule has 5 aromatic carbocycles. The van der Waals surface area contributed by atoms with Crippen LogP contribution in [-0.4, -0.2) is 71.2 Å². The summed E-state index contributed by atoms with van der Waals surface area (Å²) in [7, 11) is 0. The molecule has 1 unspecified atom stereocenters. The van der Waals surface area contributed by atoms with Crippen molar-refractivity contribution in [1.82, 2.24) is 26.6 Å². The molecule has 0 spiro atoms. The first-order chi connectivity index (χ1) is 31.0. The minimum Gasteiger partial charge on any atom is -0.481 e. The van der Waals surface area contributed by atoms with Crippen LogP contribution in [0.1, 0.15) is 60.4 Å². The van der Waals surface area contributed by atoms with Gasteiger partial charge in [-0.1, -0.05) is 127 Å². The van der Waals surface area contributed by atoms with Crippen LogP contribution in [0.3, 0.4) is 0 Å². The molecule has 2 aliphatic rings. The highest BCUT2D eigenvalue weighted by Gasteiger charge is 2.32. The lowest BCUT2D eigenvalue weighted by Gasteiger charge is -2.27. The van der Waals surface area contributed by atoms with Gasteiger partial charge in [0.25, 0.3) is 0 Å². The Morgan fingerprint density at radius 3 is 1.86 bits per heavy atom. The molecule has 64 heavy (non-hydrogen) atoms. The van der Waals surface area contributed by atoms with E-state index in [0.29, 0.717) is 28.8 Å². The van der Waals surface area contributed by atoms with Gasteiger partial charge in [0.2, 0.25) is 35.4 Å². The Bertz CT molecular complexity index is 2380. The Labute approximate surface area is 371 Å². The highest BCUT2D eigenvalue weighted by atomic mass is 16.4. The van der Waals surface area contributed by atoms with E-state index in [1.807, 2.05) is 84.9 Å². The predicted molar refractivity (Wildman–Crippen MR) is 241 cm³/mol. The smallest absolute Gasteiger partial charge is 0.303 e. The number of amides is 6. The van der Waals surface area contributed by atoms with Crippen LogP contribution in [0.4, 0.5) is 5.69 Å². The summed E-state index contributed by atoms with van der Waals surface area (Å²) in [5.74, 6) is -4.62. The van der Waals surface area contributed by atoms with Gasteiger partial charge in [0.1, 0.15) is 24.2 Å². The molecule has 7 N–H and O–H groups in total. The number of carboxylic acid groups (broad SMARTS) is 1. The topological polar surface area (TPSA) is 212 Å². The van der Waals surface area contributed by atoms with E-state index in [2.05, 4.69) is 31.9 Å². The molecular weight excluding hydrogens is 813 g/mol. The average Bonchev–Trinajstić information content (AvgIpc) is 3.31. The summed E-state index contributed by atoms with van der Waals surface area (Å²) in [5, 5.41) is 25.9. The lowest BCUT2D eigenvalue weighted by Crippen LogP contribution is -2.58. The number of hydrogen-bond acceptors (Lipinski definition) is 7. The van der Waals surface area contributed by atoms with Crippen LogP contribution in [0.2, 0.25) is 0 Å². The number of aryl methyl sites for hydroxylation is 1. The van der Waals surface area contributed by atoms with Crippen LogP contribution < -0.4 is 31.9 Å². The highest BCUT2D eigenvalue weighted by molar-refractivity contribution is 5.97. The molecule has 5 aromatic rings. The number of benzene rings is 5. The van der Waals surface area contributed by atoms with Crippen LogP contribution in [0.5, 0.6) is 0 Å². The monoisotopic (exact) mass is 864 g/mol. The van der Waals surface area contributed by atoms with Crippen molar-refractivity contribution in [1.29, 1.82) is 0 Å². The maximum Gasteiger partial charge on any atom is 0.303 e. The molecule has 0 aromatic heterocycles. The highest BCUT2D eigenvalue weighted by Crippen LogP contribution is 2.21. The van der Waals surface area contributed by atoms with E-state index in [-0.39, 0.29) is 51.5 Å². The molecule has 0 radical (unpaired) electrons. The maximum absolute atomic E-state index is 14.6. The normalized spacial score (nSPS) is 18.8. The third-order valence-corrected chi connectivity index (χ3v) is 10.8. The van der Waals surface area contributed by atoms with Crippen molar-refractivity contribution in [3.05, 3.63) is 162 Å². The van der Waals surface area contributed by atoms with E-state index in [0.717, 1.165) is 16.7 Å². The molecule has 4 atom stereocenters. The number of carboxylic acids is 1. The minimum atomic E-state index is -1.25. The second kappa shape index (κ2) is 23.0. The van der Waals surface area contributed by atoms with Crippen molar-refractivity contribution in [2.75, 3.05) is 11.9 Å².